The molecule has 0 heterocycles. The largest absolute Gasteiger partial charge is 0.496 e. The minimum atomic E-state index is -2.15. The highest BCUT2D eigenvalue weighted by Gasteiger charge is 2.28. The number of hydrogen-bond acceptors (Lipinski definition) is 5. The number of benzene rings is 4. The van der Waals surface area contributed by atoms with Gasteiger partial charge in [0.05, 0.1) is 28.4 Å². The van der Waals surface area contributed by atoms with Crippen LogP contribution in [0, 0.1) is 27.7 Å². The summed E-state index contributed by atoms with van der Waals surface area (Å²) in [7, 11) is 2.54. The van der Waals surface area contributed by atoms with Crippen LogP contribution in [0.3, 0.4) is 0 Å². The van der Waals surface area contributed by atoms with Gasteiger partial charge >= 0.3 is 0 Å². The quantitative estimate of drug-likeness (QED) is 0.280. The van der Waals surface area contributed by atoms with Gasteiger partial charge in [0.15, 0.2) is 0 Å². The van der Waals surface area contributed by atoms with Crippen molar-refractivity contribution >= 4 is 38.8 Å². The Labute approximate surface area is 235 Å². The van der Waals surface area contributed by atoms with Gasteiger partial charge in [0.1, 0.15) is 23.0 Å². The Hall–Kier alpha value is -3.53. The van der Waals surface area contributed by atoms with Crippen molar-refractivity contribution in [3.05, 3.63) is 95.1 Å². The molecule has 0 fully saturated rings. The van der Waals surface area contributed by atoms with Crippen molar-refractivity contribution in [1.29, 1.82) is 0 Å². The first-order valence-corrected chi connectivity index (χ1v) is 16.3. The highest BCUT2D eigenvalue weighted by molar-refractivity contribution is 6.91. The van der Waals surface area contributed by atoms with E-state index in [2.05, 4.69) is 100 Å². The Morgan fingerprint density at radius 2 is 0.615 bits per heavy atom. The van der Waals surface area contributed by atoms with Gasteiger partial charge in [-0.25, -0.2) is 0 Å². The van der Waals surface area contributed by atoms with Crippen LogP contribution in [0.4, 0.5) is 0 Å². The zero-order valence-electron chi connectivity index (χ0n) is 24.1. The van der Waals surface area contributed by atoms with Crippen LogP contribution in [0.25, 0.3) is 0 Å². The Bertz CT molecular complexity index is 1240. The summed E-state index contributed by atoms with van der Waals surface area (Å²) in [5.74, 6) is 3.51. The van der Waals surface area contributed by atoms with Gasteiger partial charge in [-0.3, -0.25) is 0 Å². The molecule has 4 aromatic carbocycles. The summed E-state index contributed by atoms with van der Waals surface area (Å²) >= 11 is 0. The lowest BCUT2D eigenvalue weighted by Gasteiger charge is -2.27. The van der Waals surface area contributed by atoms with E-state index in [1.807, 2.05) is 0 Å². The maximum Gasteiger partial charge on any atom is 0.228 e. The van der Waals surface area contributed by atoms with Crippen molar-refractivity contribution in [2.75, 3.05) is 28.4 Å². The molecule has 0 radical (unpaired) electrons. The molecule has 0 aliphatic heterocycles. The molecule has 0 amide bonds. The van der Waals surface area contributed by atoms with E-state index in [-0.39, 0.29) is 0 Å². The number of hydrogen-bond donors (Lipinski definition) is 0. The van der Waals surface area contributed by atoms with Gasteiger partial charge in [-0.2, -0.15) is 0 Å². The van der Waals surface area contributed by atoms with Crippen molar-refractivity contribution in [2.24, 2.45) is 0 Å². The molecule has 0 aromatic heterocycles. The van der Waals surface area contributed by atoms with E-state index in [1.165, 1.54) is 20.7 Å². The molecule has 0 aliphatic rings. The average molecular weight is 559 g/mol. The topological polar surface area (TPSA) is 46.2 Å². The first-order chi connectivity index (χ1) is 18.8. The zero-order valence-corrected chi connectivity index (χ0v) is 26.4. The van der Waals surface area contributed by atoms with Gasteiger partial charge in [-0.15, -0.1) is 0 Å². The molecule has 39 heavy (non-hydrogen) atoms. The summed E-state index contributed by atoms with van der Waals surface area (Å²) in [5.41, 5.74) is 4.39. The first-order valence-electron chi connectivity index (χ1n) is 13.0. The number of methoxy groups -OCH3 is 4. The molecular formula is C32H38O5Si2. The maximum atomic E-state index is 7.42. The fourth-order valence-electron chi connectivity index (χ4n) is 5.09. The van der Waals surface area contributed by atoms with Crippen molar-refractivity contribution in [1.82, 2.24) is 0 Å². The number of aryl methyl sites for hydroxylation is 4. The molecule has 7 heteroatoms. The highest BCUT2D eigenvalue weighted by Crippen LogP contribution is 2.20. The normalized spacial score (nSPS) is 11.1. The molecule has 0 saturated heterocycles. The van der Waals surface area contributed by atoms with E-state index in [9.17, 15) is 0 Å². The molecule has 4 rings (SSSR count). The fraction of sp³-hybridized carbons (Fsp3) is 0.250. The standard InChI is InChI=1S/C32H38O5Si2/c1-21-17-25(9-13-29(21)33-5)38(26-10-14-30(34-6)22(2)18-26)37-39(27-11-15-31(35-7)23(3)19-27)28-12-16-32(36-8)24(4)20-28/h9-20,38-39H,1-8H3. The van der Waals surface area contributed by atoms with E-state index in [4.69, 9.17) is 23.1 Å². The van der Waals surface area contributed by atoms with E-state index in [0.717, 1.165) is 45.3 Å². The van der Waals surface area contributed by atoms with Crippen LogP contribution in [-0.4, -0.2) is 46.5 Å². The lowest BCUT2D eigenvalue weighted by Crippen LogP contribution is -2.56. The lowest BCUT2D eigenvalue weighted by molar-refractivity contribution is 0.411. The first kappa shape index (κ1) is 28.5. The minimum Gasteiger partial charge on any atom is -0.496 e. The van der Waals surface area contributed by atoms with Crippen molar-refractivity contribution in [3.63, 3.8) is 0 Å². The van der Waals surface area contributed by atoms with Crippen LogP contribution in [0.2, 0.25) is 0 Å². The van der Waals surface area contributed by atoms with Crippen LogP contribution in [0.15, 0.2) is 72.8 Å². The van der Waals surface area contributed by atoms with Gasteiger partial charge in [0.25, 0.3) is 0 Å². The molecule has 0 unspecified atom stereocenters. The molecular weight excluding hydrogens is 521 g/mol. The second-order valence-electron chi connectivity index (χ2n) is 9.81. The monoisotopic (exact) mass is 558 g/mol. The highest BCUT2D eigenvalue weighted by atomic mass is 28.4. The average Bonchev–Trinajstić information content (AvgIpc) is 2.93. The number of ether oxygens (including phenoxy) is 4. The third kappa shape index (κ3) is 6.22. The van der Waals surface area contributed by atoms with Crippen LogP contribution in [0.1, 0.15) is 22.3 Å². The van der Waals surface area contributed by atoms with Gasteiger partial charge in [0, 0.05) is 0 Å². The smallest absolute Gasteiger partial charge is 0.228 e. The minimum absolute atomic E-state index is 0.878. The SMILES string of the molecule is COc1ccc([SiH](O[SiH](c2ccc(OC)c(C)c2)c2ccc(OC)c(C)c2)c2ccc(OC)c(C)c2)cc1C. The summed E-state index contributed by atoms with van der Waals surface area (Å²) in [6.45, 7) is 8.34. The van der Waals surface area contributed by atoms with Crippen LogP contribution in [-0.2, 0) is 4.12 Å². The summed E-state index contributed by atoms with van der Waals surface area (Å²) in [6.07, 6.45) is 0. The third-order valence-electron chi connectivity index (χ3n) is 7.16. The van der Waals surface area contributed by atoms with Crippen LogP contribution >= 0.6 is 0 Å². The zero-order chi connectivity index (χ0) is 28.1. The molecule has 0 saturated carbocycles. The van der Waals surface area contributed by atoms with E-state index in [1.54, 1.807) is 28.4 Å². The van der Waals surface area contributed by atoms with E-state index in [0.29, 0.717) is 0 Å². The molecule has 5 nitrogen and oxygen atoms in total. The molecule has 0 N–H and O–H groups in total. The fourth-order valence-corrected chi connectivity index (χ4v) is 12.2. The third-order valence-corrected chi connectivity index (χ3v) is 13.2. The maximum absolute atomic E-state index is 7.42. The predicted molar refractivity (Wildman–Crippen MR) is 165 cm³/mol. The Balaban J connectivity index is 1.88. The van der Waals surface area contributed by atoms with Crippen molar-refractivity contribution < 1.29 is 23.1 Å². The Morgan fingerprint density at radius 1 is 0.385 bits per heavy atom. The second kappa shape index (κ2) is 12.6. The van der Waals surface area contributed by atoms with Crippen molar-refractivity contribution in [3.8, 4) is 23.0 Å². The summed E-state index contributed by atoms with van der Waals surface area (Å²) in [5, 5.41) is 4.85. The van der Waals surface area contributed by atoms with Gasteiger partial charge < -0.3 is 23.1 Å². The van der Waals surface area contributed by atoms with Crippen molar-refractivity contribution in [2.45, 2.75) is 27.7 Å². The molecule has 0 spiro atoms. The van der Waals surface area contributed by atoms with Crippen LogP contribution in [0.5, 0.6) is 23.0 Å². The molecule has 0 aliphatic carbocycles. The molecule has 4 aromatic rings. The number of rotatable bonds is 10. The van der Waals surface area contributed by atoms with E-state index < -0.39 is 18.1 Å². The van der Waals surface area contributed by atoms with Crippen LogP contribution < -0.4 is 39.7 Å². The predicted octanol–water partition coefficient (Wildman–Crippen LogP) is 3.35. The van der Waals surface area contributed by atoms with Gasteiger partial charge in [-0.1, -0.05) is 48.5 Å². The molecule has 0 atom stereocenters. The molecule has 204 valence electrons. The Kier molecular flexibility index (Phi) is 9.17. The second-order valence-corrected chi connectivity index (χ2v) is 15.1. The lowest BCUT2D eigenvalue weighted by atomic mass is 10.2. The summed E-state index contributed by atoms with van der Waals surface area (Å²) < 4.78 is 29.7. The van der Waals surface area contributed by atoms with Gasteiger partial charge in [-0.05, 0) is 95.0 Å². The molecule has 0 bridgehead atoms. The Morgan fingerprint density at radius 3 is 0.795 bits per heavy atom. The van der Waals surface area contributed by atoms with E-state index >= 15 is 0 Å². The van der Waals surface area contributed by atoms with Gasteiger partial charge in [0.2, 0.25) is 18.1 Å². The summed E-state index contributed by atoms with van der Waals surface area (Å²) in [6, 6.07) is 25.7. The summed E-state index contributed by atoms with van der Waals surface area (Å²) in [4.78, 5) is 0.